The van der Waals surface area contributed by atoms with E-state index in [9.17, 15) is 18.0 Å². The molecule has 1 N–H and O–H groups in total. The van der Waals surface area contributed by atoms with Crippen LogP contribution in [-0.2, 0) is 0 Å². The zero-order valence-electron chi connectivity index (χ0n) is 9.97. The van der Waals surface area contributed by atoms with Gasteiger partial charge in [0.1, 0.15) is 5.75 Å². The summed E-state index contributed by atoms with van der Waals surface area (Å²) in [6.45, 7) is 0.479. The lowest BCUT2D eigenvalue weighted by Crippen LogP contribution is -2.24. The molecule has 1 amide bonds. The van der Waals surface area contributed by atoms with Crippen molar-refractivity contribution in [2.24, 2.45) is 0 Å². The molecule has 0 fully saturated rings. The molecular weight excluding hydrogens is 283 g/mol. The van der Waals surface area contributed by atoms with Crippen LogP contribution in [0.25, 0.3) is 0 Å². The lowest BCUT2D eigenvalue weighted by Gasteiger charge is -2.09. The number of ether oxygens (including phenoxy) is 1. The maximum Gasteiger partial charge on any atom is 0.573 e. The van der Waals surface area contributed by atoms with E-state index in [1.807, 2.05) is 0 Å². The molecule has 0 saturated carbocycles. The van der Waals surface area contributed by atoms with Gasteiger partial charge in [0.15, 0.2) is 0 Å². The van der Waals surface area contributed by atoms with Crippen LogP contribution in [0.3, 0.4) is 0 Å². The van der Waals surface area contributed by atoms with E-state index >= 15 is 0 Å². The summed E-state index contributed by atoms with van der Waals surface area (Å²) in [7, 11) is 0. The van der Waals surface area contributed by atoms with Gasteiger partial charge in [0, 0.05) is 18.0 Å². The van der Waals surface area contributed by atoms with Crippen molar-refractivity contribution < 1.29 is 22.7 Å². The number of alkyl halides is 4. The van der Waals surface area contributed by atoms with Gasteiger partial charge in [-0.3, -0.25) is 4.79 Å². The Bertz CT molecular complexity index is 406. The summed E-state index contributed by atoms with van der Waals surface area (Å²) in [6, 6.07) is 4.75. The topological polar surface area (TPSA) is 38.3 Å². The first-order valence-electron chi connectivity index (χ1n) is 5.62. The molecular formula is C12H13ClF3NO2. The molecule has 0 aliphatic carbocycles. The van der Waals surface area contributed by atoms with Crippen LogP contribution in [0, 0.1) is 0 Å². The molecule has 0 aromatic heterocycles. The average Bonchev–Trinajstić information content (AvgIpc) is 2.33. The van der Waals surface area contributed by atoms with Crippen LogP contribution in [0.15, 0.2) is 24.3 Å². The number of carbonyl (C=O) groups excluding carboxylic acids is 1. The smallest absolute Gasteiger partial charge is 0.406 e. The standard InChI is InChI=1S/C12H13ClF3NO2/c13-7-1-2-8-17-11(18)9-3-5-10(6-4-9)19-12(14,15)16/h3-6H,1-2,7-8H2,(H,17,18). The van der Waals surface area contributed by atoms with Crippen LogP contribution in [0.1, 0.15) is 23.2 Å². The van der Waals surface area contributed by atoms with Gasteiger partial charge in [0.25, 0.3) is 5.91 Å². The third kappa shape index (κ3) is 6.33. The van der Waals surface area contributed by atoms with Crippen LogP contribution in [0.5, 0.6) is 5.75 Å². The van der Waals surface area contributed by atoms with Gasteiger partial charge in [-0.25, -0.2) is 0 Å². The molecule has 7 heteroatoms. The number of unbranched alkanes of at least 4 members (excludes halogenated alkanes) is 1. The molecule has 0 atom stereocenters. The highest BCUT2D eigenvalue weighted by Crippen LogP contribution is 2.22. The quantitative estimate of drug-likeness (QED) is 0.646. The van der Waals surface area contributed by atoms with Gasteiger partial charge < -0.3 is 10.1 Å². The van der Waals surface area contributed by atoms with Gasteiger partial charge >= 0.3 is 6.36 Å². The summed E-state index contributed by atoms with van der Waals surface area (Å²) in [5, 5.41) is 2.64. The highest BCUT2D eigenvalue weighted by atomic mass is 35.5. The fourth-order valence-electron chi connectivity index (χ4n) is 1.33. The zero-order valence-corrected chi connectivity index (χ0v) is 10.7. The largest absolute Gasteiger partial charge is 0.573 e. The molecule has 0 aliphatic heterocycles. The Balaban J connectivity index is 2.49. The summed E-state index contributed by atoms with van der Waals surface area (Å²) in [6.07, 6.45) is -3.18. The summed E-state index contributed by atoms with van der Waals surface area (Å²) < 4.78 is 39.5. The third-order valence-corrected chi connectivity index (χ3v) is 2.46. The van der Waals surface area contributed by atoms with E-state index in [0.717, 1.165) is 25.0 Å². The molecule has 0 unspecified atom stereocenters. The molecule has 1 aromatic carbocycles. The van der Waals surface area contributed by atoms with Crippen molar-refractivity contribution in [1.82, 2.24) is 5.32 Å². The minimum Gasteiger partial charge on any atom is -0.406 e. The number of nitrogens with one attached hydrogen (secondary N) is 1. The van der Waals surface area contributed by atoms with Crippen LogP contribution >= 0.6 is 11.6 Å². The van der Waals surface area contributed by atoms with Crippen molar-refractivity contribution in [1.29, 1.82) is 0 Å². The molecule has 106 valence electrons. The van der Waals surface area contributed by atoms with Crippen LogP contribution in [0.2, 0.25) is 0 Å². The Kier molecular flexibility index (Phi) is 5.95. The first-order chi connectivity index (χ1) is 8.92. The summed E-state index contributed by atoms with van der Waals surface area (Å²) >= 11 is 5.49. The number of halogens is 4. The fraction of sp³-hybridized carbons (Fsp3) is 0.417. The zero-order chi connectivity index (χ0) is 14.3. The van der Waals surface area contributed by atoms with Crippen molar-refractivity contribution in [3.8, 4) is 5.75 Å². The second-order valence-electron chi connectivity index (χ2n) is 3.72. The number of hydrogen-bond acceptors (Lipinski definition) is 2. The van der Waals surface area contributed by atoms with Crippen LogP contribution < -0.4 is 10.1 Å². The van der Waals surface area contributed by atoms with E-state index in [2.05, 4.69) is 10.1 Å². The van der Waals surface area contributed by atoms with Crippen LogP contribution in [-0.4, -0.2) is 24.7 Å². The van der Waals surface area contributed by atoms with Crippen molar-refractivity contribution in [3.63, 3.8) is 0 Å². The maximum absolute atomic E-state index is 11.9. The number of rotatable bonds is 6. The van der Waals surface area contributed by atoms with Gasteiger partial charge in [0.2, 0.25) is 0 Å². The lowest BCUT2D eigenvalue weighted by molar-refractivity contribution is -0.274. The Labute approximate surface area is 113 Å². The summed E-state index contributed by atoms with van der Waals surface area (Å²) in [5.74, 6) is -0.168. The third-order valence-electron chi connectivity index (χ3n) is 2.20. The van der Waals surface area contributed by atoms with E-state index in [1.165, 1.54) is 12.1 Å². The highest BCUT2D eigenvalue weighted by Gasteiger charge is 2.31. The van der Waals surface area contributed by atoms with E-state index in [-0.39, 0.29) is 17.2 Å². The number of hydrogen-bond donors (Lipinski definition) is 1. The van der Waals surface area contributed by atoms with Crippen molar-refractivity contribution in [3.05, 3.63) is 29.8 Å². The van der Waals surface area contributed by atoms with Crippen LogP contribution in [0.4, 0.5) is 13.2 Å². The lowest BCUT2D eigenvalue weighted by atomic mass is 10.2. The highest BCUT2D eigenvalue weighted by molar-refractivity contribution is 6.17. The Morgan fingerprint density at radius 2 is 1.84 bits per heavy atom. The average molecular weight is 296 g/mol. The van der Waals surface area contributed by atoms with Crippen molar-refractivity contribution in [2.45, 2.75) is 19.2 Å². The van der Waals surface area contributed by atoms with E-state index in [4.69, 9.17) is 11.6 Å². The van der Waals surface area contributed by atoms with Gasteiger partial charge in [-0.1, -0.05) is 0 Å². The van der Waals surface area contributed by atoms with Gasteiger partial charge in [-0.05, 0) is 37.1 Å². The van der Waals surface area contributed by atoms with Gasteiger partial charge in [-0.2, -0.15) is 0 Å². The second-order valence-corrected chi connectivity index (χ2v) is 4.10. The van der Waals surface area contributed by atoms with Crippen molar-refractivity contribution in [2.75, 3.05) is 12.4 Å². The minimum atomic E-state index is -4.73. The van der Waals surface area contributed by atoms with E-state index in [0.29, 0.717) is 12.4 Å². The summed E-state index contributed by atoms with van der Waals surface area (Å²) in [5.41, 5.74) is 0.278. The molecule has 0 saturated heterocycles. The van der Waals surface area contributed by atoms with Gasteiger partial charge in [-0.15, -0.1) is 24.8 Å². The number of benzene rings is 1. The minimum absolute atomic E-state index is 0.278. The first kappa shape index (κ1) is 15.6. The fourth-order valence-corrected chi connectivity index (χ4v) is 1.52. The number of amides is 1. The molecule has 0 aliphatic rings. The Morgan fingerprint density at radius 3 is 2.37 bits per heavy atom. The molecule has 0 spiro atoms. The van der Waals surface area contributed by atoms with Crippen molar-refractivity contribution >= 4 is 17.5 Å². The van der Waals surface area contributed by atoms with E-state index < -0.39 is 6.36 Å². The first-order valence-corrected chi connectivity index (χ1v) is 6.16. The Hall–Kier alpha value is -1.43. The maximum atomic E-state index is 11.9. The second kappa shape index (κ2) is 7.23. The monoisotopic (exact) mass is 295 g/mol. The normalized spacial score (nSPS) is 11.2. The molecule has 0 heterocycles. The molecule has 1 aromatic rings. The predicted octanol–water partition coefficient (Wildman–Crippen LogP) is 3.33. The van der Waals surface area contributed by atoms with E-state index in [1.54, 1.807) is 0 Å². The van der Waals surface area contributed by atoms with Gasteiger partial charge in [0.05, 0.1) is 0 Å². The molecule has 3 nitrogen and oxygen atoms in total. The number of carbonyl (C=O) groups is 1. The molecule has 0 radical (unpaired) electrons. The molecule has 0 bridgehead atoms. The molecule has 19 heavy (non-hydrogen) atoms. The summed E-state index contributed by atoms with van der Waals surface area (Å²) in [4.78, 5) is 11.6. The Morgan fingerprint density at radius 1 is 1.21 bits per heavy atom. The predicted molar refractivity (Wildman–Crippen MR) is 65.4 cm³/mol. The SMILES string of the molecule is O=C(NCCCCCl)c1ccc(OC(F)(F)F)cc1. The molecule has 1 rings (SSSR count).